The maximum atomic E-state index is 11.1. The molecule has 4 rings (SSSR count). The van der Waals surface area contributed by atoms with Gasteiger partial charge in [-0.3, -0.25) is 14.7 Å². The minimum absolute atomic E-state index is 0.174. The third-order valence-corrected chi connectivity index (χ3v) is 6.08. The number of nitrogens with one attached hydrogen (secondary N) is 1. The molecule has 6 nitrogen and oxygen atoms in total. The Kier molecular flexibility index (Phi) is 5.28. The van der Waals surface area contributed by atoms with Crippen LogP contribution in [-0.2, 0) is 11.3 Å². The summed E-state index contributed by atoms with van der Waals surface area (Å²) >= 11 is 1.62. The lowest BCUT2D eigenvalue weighted by Gasteiger charge is -2.43. The molecule has 2 fully saturated rings. The first-order valence-electron chi connectivity index (χ1n) is 9.22. The Balaban J connectivity index is 1.24. The summed E-state index contributed by atoms with van der Waals surface area (Å²) < 4.78 is 0. The van der Waals surface area contributed by atoms with Crippen molar-refractivity contribution in [2.75, 3.05) is 13.1 Å². The predicted octanol–water partition coefficient (Wildman–Crippen LogP) is 2.62. The molecule has 0 aromatic carbocycles. The largest absolute Gasteiger partial charge is 0.480 e. The fourth-order valence-electron chi connectivity index (χ4n) is 3.45. The van der Waals surface area contributed by atoms with Crippen LogP contribution in [0.25, 0.3) is 10.7 Å². The summed E-state index contributed by atoms with van der Waals surface area (Å²) in [5.41, 5.74) is 1.95. The van der Waals surface area contributed by atoms with Crippen LogP contribution in [0.5, 0.6) is 0 Å². The number of aliphatic carboxylic acids is 1. The average Bonchev–Trinajstić information content (AvgIpc) is 3.28. The van der Waals surface area contributed by atoms with Crippen molar-refractivity contribution in [1.29, 1.82) is 0 Å². The van der Waals surface area contributed by atoms with Crippen molar-refractivity contribution in [2.24, 2.45) is 5.92 Å². The Morgan fingerprint density at radius 3 is 2.88 bits per heavy atom. The Bertz CT molecular complexity index is 741. The molecule has 0 bridgehead atoms. The molecule has 7 heteroatoms. The highest BCUT2D eigenvalue weighted by molar-refractivity contribution is 7.13. The molecule has 0 radical (unpaired) electrons. The van der Waals surface area contributed by atoms with E-state index in [0.717, 1.165) is 48.2 Å². The topological polar surface area (TPSA) is 78.4 Å². The number of carboxylic acid groups (broad SMARTS) is 1. The van der Waals surface area contributed by atoms with Crippen molar-refractivity contribution in [3.63, 3.8) is 0 Å². The second-order valence-corrected chi connectivity index (χ2v) is 8.19. The van der Waals surface area contributed by atoms with Crippen LogP contribution in [0, 0.1) is 5.92 Å². The van der Waals surface area contributed by atoms with E-state index in [4.69, 9.17) is 5.11 Å². The third-order valence-electron chi connectivity index (χ3n) is 5.17. The van der Waals surface area contributed by atoms with Gasteiger partial charge in [0.05, 0.1) is 17.9 Å². The van der Waals surface area contributed by atoms with Crippen molar-refractivity contribution in [2.45, 2.75) is 44.3 Å². The number of hydrogen-bond acceptors (Lipinski definition) is 6. The summed E-state index contributed by atoms with van der Waals surface area (Å²) in [5, 5.41) is 15.7. The van der Waals surface area contributed by atoms with E-state index in [2.05, 4.69) is 25.6 Å². The summed E-state index contributed by atoms with van der Waals surface area (Å²) in [6.45, 7) is 1.87. The van der Waals surface area contributed by atoms with Gasteiger partial charge in [-0.2, -0.15) is 0 Å². The number of rotatable bonds is 9. The van der Waals surface area contributed by atoms with Crippen LogP contribution in [0.3, 0.4) is 0 Å². The van der Waals surface area contributed by atoms with E-state index < -0.39 is 5.97 Å². The van der Waals surface area contributed by atoms with Crippen molar-refractivity contribution < 1.29 is 9.90 Å². The number of nitrogens with zero attached hydrogens (tertiary/aromatic N) is 3. The van der Waals surface area contributed by atoms with E-state index in [1.807, 2.05) is 18.2 Å². The van der Waals surface area contributed by atoms with Gasteiger partial charge in [0.2, 0.25) is 0 Å². The molecule has 0 spiro atoms. The zero-order chi connectivity index (χ0) is 17.9. The predicted molar refractivity (Wildman–Crippen MR) is 101 cm³/mol. The zero-order valence-electron chi connectivity index (χ0n) is 14.7. The highest BCUT2D eigenvalue weighted by Crippen LogP contribution is 2.34. The van der Waals surface area contributed by atoms with Crippen LogP contribution in [0.4, 0.5) is 0 Å². The molecule has 2 aromatic heterocycles. The van der Waals surface area contributed by atoms with E-state index in [9.17, 15) is 4.79 Å². The molecule has 2 N–H and O–H groups in total. The van der Waals surface area contributed by atoms with Crippen LogP contribution < -0.4 is 5.32 Å². The average molecular weight is 372 g/mol. The first-order chi connectivity index (χ1) is 12.7. The third kappa shape index (κ3) is 4.47. The highest BCUT2D eigenvalue weighted by atomic mass is 32.1. The number of carbonyl (C=O) groups is 1. The lowest BCUT2D eigenvalue weighted by atomic mass is 9.85. The molecule has 2 heterocycles. The van der Waals surface area contributed by atoms with Crippen LogP contribution in [0.15, 0.2) is 29.8 Å². The van der Waals surface area contributed by atoms with Gasteiger partial charge >= 0.3 is 5.97 Å². The Hall–Kier alpha value is -1.83. The molecule has 0 unspecified atom stereocenters. The molecule has 2 aliphatic carbocycles. The van der Waals surface area contributed by atoms with E-state index in [1.54, 1.807) is 17.5 Å². The number of hydrogen-bond donors (Lipinski definition) is 2. The quantitative estimate of drug-likeness (QED) is 0.704. The van der Waals surface area contributed by atoms with Gasteiger partial charge in [-0.05, 0) is 43.7 Å². The Morgan fingerprint density at radius 1 is 1.35 bits per heavy atom. The van der Waals surface area contributed by atoms with E-state index >= 15 is 0 Å². The van der Waals surface area contributed by atoms with Crippen molar-refractivity contribution in [3.05, 3.63) is 35.5 Å². The lowest BCUT2D eigenvalue weighted by Crippen LogP contribution is -2.54. The van der Waals surface area contributed by atoms with E-state index in [-0.39, 0.29) is 6.54 Å². The maximum absolute atomic E-state index is 11.1. The summed E-state index contributed by atoms with van der Waals surface area (Å²) in [6, 6.07) is 6.72. The summed E-state index contributed by atoms with van der Waals surface area (Å²) in [7, 11) is 0. The highest BCUT2D eigenvalue weighted by Gasteiger charge is 2.36. The SMILES string of the molecule is O=C(O)CN(CC1CC1)C1CC(NCc2csc(-c3ccccn3)n2)C1. The van der Waals surface area contributed by atoms with Gasteiger partial charge in [-0.1, -0.05) is 6.07 Å². The lowest BCUT2D eigenvalue weighted by molar-refractivity contribution is -0.139. The molecule has 2 aromatic rings. The van der Waals surface area contributed by atoms with E-state index in [1.165, 1.54) is 12.8 Å². The minimum Gasteiger partial charge on any atom is -0.480 e. The minimum atomic E-state index is -0.716. The molecule has 2 aliphatic rings. The van der Waals surface area contributed by atoms with Gasteiger partial charge in [-0.15, -0.1) is 11.3 Å². The van der Waals surface area contributed by atoms with Crippen molar-refractivity contribution >= 4 is 17.3 Å². The van der Waals surface area contributed by atoms with Gasteiger partial charge in [0.25, 0.3) is 0 Å². The Morgan fingerprint density at radius 2 is 2.19 bits per heavy atom. The maximum Gasteiger partial charge on any atom is 0.317 e. The van der Waals surface area contributed by atoms with Crippen LogP contribution in [0.1, 0.15) is 31.4 Å². The number of pyridine rings is 1. The van der Waals surface area contributed by atoms with Crippen LogP contribution in [-0.4, -0.2) is 51.1 Å². The van der Waals surface area contributed by atoms with Gasteiger partial charge in [0, 0.05) is 36.8 Å². The molecule has 0 amide bonds. The molecule has 0 aliphatic heterocycles. The summed E-state index contributed by atoms with van der Waals surface area (Å²) in [6.07, 6.45) is 6.35. The first kappa shape index (κ1) is 17.6. The second-order valence-electron chi connectivity index (χ2n) is 7.33. The smallest absolute Gasteiger partial charge is 0.317 e. The molecular weight excluding hydrogens is 348 g/mol. The van der Waals surface area contributed by atoms with E-state index in [0.29, 0.717) is 12.1 Å². The fourth-order valence-corrected chi connectivity index (χ4v) is 4.24. The fraction of sp³-hybridized carbons (Fsp3) is 0.526. The normalized spacial score (nSPS) is 22.3. The molecule has 2 saturated carbocycles. The van der Waals surface area contributed by atoms with Crippen LogP contribution in [0.2, 0.25) is 0 Å². The summed E-state index contributed by atoms with van der Waals surface area (Å²) in [4.78, 5) is 22.3. The number of thiazole rings is 1. The van der Waals surface area contributed by atoms with Crippen LogP contribution >= 0.6 is 11.3 Å². The second kappa shape index (κ2) is 7.82. The number of carboxylic acids is 1. The van der Waals surface area contributed by atoms with Gasteiger partial charge in [-0.25, -0.2) is 4.98 Å². The summed E-state index contributed by atoms with van der Waals surface area (Å²) in [5.74, 6) is 0.00738. The Labute approximate surface area is 157 Å². The molecule has 26 heavy (non-hydrogen) atoms. The molecule has 0 atom stereocenters. The van der Waals surface area contributed by atoms with Gasteiger partial charge in [0.15, 0.2) is 0 Å². The molecular formula is C19H24N4O2S. The standard InChI is InChI=1S/C19H24N4O2S/c24-18(25)11-23(10-13-4-5-13)16-7-14(8-16)21-9-15-12-26-19(22-15)17-3-1-2-6-20-17/h1-3,6,12-14,16,21H,4-5,7-11H2,(H,24,25). The molecule has 138 valence electrons. The number of aromatic nitrogens is 2. The van der Waals surface area contributed by atoms with Crippen molar-refractivity contribution in [1.82, 2.24) is 20.2 Å². The van der Waals surface area contributed by atoms with Gasteiger partial charge in [0.1, 0.15) is 5.01 Å². The first-order valence-corrected chi connectivity index (χ1v) is 10.1. The monoisotopic (exact) mass is 372 g/mol. The van der Waals surface area contributed by atoms with Gasteiger partial charge < -0.3 is 10.4 Å². The molecule has 0 saturated heterocycles. The zero-order valence-corrected chi connectivity index (χ0v) is 15.5. The van der Waals surface area contributed by atoms with Crippen molar-refractivity contribution in [3.8, 4) is 10.7 Å².